The molecule has 6 heteroatoms. The molecule has 142 valence electrons. The zero-order valence-electron chi connectivity index (χ0n) is 15.5. The Morgan fingerprint density at radius 2 is 1.80 bits per heavy atom. The number of piperidine rings is 1. The highest BCUT2D eigenvalue weighted by Gasteiger charge is 2.24. The van der Waals surface area contributed by atoms with Crippen LogP contribution in [0.3, 0.4) is 0 Å². The van der Waals surface area contributed by atoms with Gasteiger partial charge in [-0.25, -0.2) is 13.1 Å². The van der Waals surface area contributed by atoms with Crippen LogP contribution in [0.5, 0.6) is 5.75 Å². The molecule has 1 atom stereocenters. The van der Waals surface area contributed by atoms with Crippen molar-refractivity contribution in [3.8, 4) is 5.75 Å². The van der Waals surface area contributed by atoms with Crippen molar-refractivity contribution in [3.63, 3.8) is 0 Å². The third-order valence-corrected chi connectivity index (χ3v) is 6.10. The molecule has 1 N–H and O–H groups in total. The molecular formula is C19H32N2O3S. The summed E-state index contributed by atoms with van der Waals surface area (Å²) in [6, 6.07) is 8.14. The molecular weight excluding hydrogens is 336 g/mol. The van der Waals surface area contributed by atoms with Gasteiger partial charge in [0.2, 0.25) is 10.0 Å². The molecule has 1 fully saturated rings. The van der Waals surface area contributed by atoms with Gasteiger partial charge in [-0.15, -0.1) is 0 Å². The minimum atomic E-state index is -3.20. The molecule has 2 rings (SSSR count). The second kappa shape index (κ2) is 10.1. The van der Waals surface area contributed by atoms with Crippen LogP contribution in [0.25, 0.3) is 0 Å². The molecule has 25 heavy (non-hydrogen) atoms. The average molecular weight is 369 g/mol. The van der Waals surface area contributed by atoms with E-state index in [1.807, 2.05) is 26.0 Å². The van der Waals surface area contributed by atoms with E-state index in [9.17, 15) is 8.42 Å². The number of nitrogens with one attached hydrogen (secondary N) is 1. The summed E-state index contributed by atoms with van der Waals surface area (Å²) in [6.07, 6.45) is 5.20. The van der Waals surface area contributed by atoms with Gasteiger partial charge in [-0.05, 0) is 57.0 Å². The lowest BCUT2D eigenvalue weighted by Gasteiger charge is -2.35. The van der Waals surface area contributed by atoms with Crippen LogP contribution in [0.2, 0.25) is 0 Å². The quantitative estimate of drug-likeness (QED) is 0.688. The number of ether oxygens (including phenoxy) is 1. The van der Waals surface area contributed by atoms with Gasteiger partial charge < -0.3 is 4.74 Å². The number of nitrogens with zero attached hydrogens (tertiary/aromatic N) is 1. The summed E-state index contributed by atoms with van der Waals surface area (Å²) in [5.41, 5.74) is 1.14. The van der Waals surface area contributed by atoms with E-state index >= 15 is 0 Å². The number of likely N-dealkylation sites (tertiary alicyclic amines) is 1. The molecule has 0 amide bonds. The first-order chi connectivity index (χ1) is 12.1. The Morgan fingerprint density at radius 3 is 2.40 bits per heavy atom. The van der Waals surface area contributed by atoms with Crippen molar-refractivity contribution in [1.82, 2.24) is 9.62 Å². The van der Waals surface area contributed by atoms with E-state index in [1.54, 1.807) is 0 Å². The van der Waals surface area contributed by atoms with Crippen molar-refractivity contribution < 1.29 is 13.2 Å². The third-order valence-electron chi connectivity index (χ3n) is 4.67. The average Bonchev–Trinajstić information content (AvgIpc) is 2.63. The van der Waals surface area contributed by atoms with Crippen molar-refractivity contribution in [2.75, 3.05) is 32.0 Å². The number of hydrogen-bond donors (Lipinski definition) is 1. The summed E-state index contributed by atoms with van der Waals surface area (Å²) in [6.45, 7) is 7.09. The Kier molecular flexibility index (Phi) is 8.19. The fraction of sp³-hybridized carbons (Fsp3) is 0.684. The van der Waals surface area contributed by atoms with Gasteiger partial charge in [0.1, 0.15) is 5.75 Å². The predicted molar refractivity (Wildman–Crippen MR) is 102 cm³/mol. The fourth-order valence-electron chi connectivity index (χ4n) is 3.25. The van der Waals surface area contributed by atoms with Crippen LogP contribution >= 0.6 is 0 Å². The third kappa shape index (κ3) is 6.60. The van der Waals surface area contributed by atoms with E-state index in [-0.39, 0.29) is 11.8 Å². The standard InChI is InChI=1S/C19H32N2O3S/c1-3-5-15-25(22,23)20-16-19(21-13-7-6-8-14-21)17-9-11-18(12-10-17)24-4-2/h9-12,19-20H,3-8,13-16H2,1-2H3. The van der Waals surface area contributed by atoms with Gasteiger partial charge in [-0.1, -0.05) is 31.9 Å². The van der Waals surface area contributed by atoms with Crippen molar-refractivity contribution in [1.29, 1.82) is 0 Å². The Bertz CT molecular complexity index is 596. The highest BCUT2D eigenvalue weighted by molar-refractivity contribution is 7.89. The number of rotatable bonds is 10. The molecule has 0 spiro atoms. The van der Waals surface area contributed by atoms with Crippen LogP contribution in [0.1, 0.15) is 57.6 Å². The lowest BCUT2D eigenvalue weighted by atomic mass is 10.0. The molecule has 0 bridgehead atoms. The number of sulfonamides is 1. The first-order valence-electron chi connectivity index (χ1n) is 9.50. The summed E-state index contributed by atoms with van der Waals surface area (Å²) in [4.78, 5) is 2.40. The summed E-state index contributed by atoms with van der Waals surface area (Å²) >= 11 is 0. The van der Waals surface area contributed by atoms with Crippen LogP contribution in [0, 0.1) is 0 Å². The first-order valence-corrected chi connectivity index (χ1v) is 11.1. The molecule has 1 aromatic carbocycles. The van der Waals surface area contributed by atoms with E-state index in [2.05, 4.69) is 21.8 Å². The summed E-state index contributed by atoms with van der Waals surface area (Å²) in [5.74, 6) is 1.06. The number of hydrogen-bond acceptors (Lipinski definition) is 4. The monoisotopic (exact) mass is 368 g/mol. The zero-order valence-corrected chi connectivity index (χ0v) is 16.4. The molecule has 1 unspecified atom stereocenters. The second-order valence-corrected chi connectivity index (χ2v) is 8.56. The molecule has 0 aromatic heterocycles. The molecule has 0 radical (unpaired) electrons. The Morgan fingerprint density at radius 1 is 1.12 bits per heavy atom. The maximum absolute atomic E-state index is 12.2. The van der Waals surface area contributed by atoms with E-state index in [0.717, 1.165) is 30.8 Å². The van der Waals surface area contributed by atoms with Gasteiger partial charge in [-0.2, -0.15) is 0 Å². The van der Waals surface area contributed by atoms with Crippen molar-refractivity contribution >= 4 is 10.0 Å². The Labute approximate surface area is 152 Å². The van der Waals surface area contributed by atoms with Gasteiger partial charge in [0, 0.05) is 12.6 Å². The van der Waals surface area contributed by atoms with Gasteiger partial charge in [0.05, 0.1) is 12.4 Å². The van der Waals surface area contributed by atoms with Crippen LogP contribution in [-0.4, -0.2) is 45.3 Å². The summed E-state index contributed by atoms with van der Waals surface area (Å²) in [7, 11) is -3.20. The van der Waals surface area contributed by atoms with E-state index in [1.165, 1.54) is 19.3 Å². The minimum Gasteiger partial charge on any atom is -0.494 e. The topological polar surface area (TPSA) is 58.6 Å². The SMILES string of the molecule is CCCCS(=O)(=O)NCC(c1ccc(OCC)cc1)N1CCCCC1. The van der Waals surface area contributed by atoms with Gasteiger partial charge in [-0.3, -0.25) is 4.90 Å². The van der Waals surface area contributed by atoms with Crippen LogP contribution in [-0.2, 0) is 10.0 Å². The van der Waals surface area contributed by atoms with Gasteiger partial charge >= 0.3 is 0 Å². The van der Waals surface area contributed by atoms with Crippen LogP contribution < -0.4 is 9.46 Å². The number of benzene rings is 1. The highest BCUT2D eigenvalue weighted by atomic mass is 32.2. The Hall–Kier alpha value is -1.11. The lowest BCUT2D eigenvalue weighted by Crippen LogP contribution is -2.41. The van der Waals surface area contributed by atoms with E-state index in [4.69, 9.17) is 4.74 Å². The highest BCUT2D eigenvalue weighted by Crippen LogP contribution is 2.26. The molecule has 1 aromatic rings. The zero-order chi connectivity index (χ0) is 18.1. The van der Waals surface area contributed by atoms with Crippen molar-refractivity contribution in [3.05, 3.63) is 29.8 Å². The summed E-state index contributed by atoms with van der Waals surface area (Å²) in [5, 5.41) is 0. The van der Waals surface area contributed by atoms with Crippen molar-refractivity contribution in [2.45, 2.75) is 52.0 Å². The normalized spacial score (nSPS) is 17.4. The maximum atomic E-state index is 12.2. The lowest BCUT2D eigenvalue weighted by molar-refractivity contribution is 0.164. The Balaban J connectivity index is 2.09. The van der Waals surface area contributed by atoms with Gasteiger partial charge in [0.15, 0.2) is 0 Å². The first kappa shape index (κ1) is 20.2. The second-order valence-electron chi connectivity index (χ2n) is 6.64. The smallest absolute Gasteiger partial charge is 0.211 e. The van der Waals surface area contributed by atoms with Gasteiger partial charge in [0.25, 0.3) is 0 Å². The van der Waals surface area contributed by atoms with Crippen molar-refractivity contribution in [2.24, 2.45) is 0 Å². The molecule has 0 aliphatic carbocycles. The van der Waals surface area contributed by atoms with E-state index < -0.39 is 10.0 Å². The molecule has 1 aliphatic rings. The predicted octanol–water partition coefficient (Wildman–Crippen LogP) is 3.33. The summed E-state index contributed by atoms with van der Waals surface area (Å²) < 4.78 is 32.7. The number of unbranched alkanes of at least 4 members (excludes halogenated alkanes) is 1. The molecule has 1 heterocycles. The maximum Gasteiger partial charge on any atom is 0.211 e. The van der Waals surface area contributed by atoms with E-state index in [0.29, 0.717) is 19.6 Å². The molecule has 0 saturated carbocycles. The van der Waals surface area contributed by atoms with Crippen LogP contribution in [0.4, 0.5) is 0 Å². The molecule has 1 aliphatic heterocycles. The fourth-order valence-corrected chi connectivity index (χ4v) is 4.48. The largest absolute Gasteiger partial charge is 0.494 e. The van der Waals surface area contributed by atoms with Crippen LogP contribution in [0.15, 0.2) is 24.3 Å². The minimum absolute atomic E-state index is 0.0763. The molecule has 5 nitrogen and oxygen atoms in total. The molecule has 1 saturated heterocycles.